The fourth-order valence-electron chi connectivity index (χ4n) is 0. The van der Waals surface area contributed by atoms with Crippen LogP contribution in [0.4, 0.5) is 0 Å². The van der Waals surface area contributed by atoms with Crippen molar-refractivity contribution >= 4 is 0 Å². The average Bonchev–Trinajstić information content (AvgIpc) is 2.03. The van der Waals surface area contributed by atoms with Crippen LogP contribution in [-0.4, -0.2) is 80.6 Å². The molecule has 0 bridgehead atoms. The second kappa shape index (κ2) is 52.9. The molecule has 0 saturated carbocycles. The van der Waals surface area contributed by atoms with Crippen molar-refractivity contribution < 1.29 is 22.4 Å². The molecule has 0 unspecified atom stereocenters. The van der Waals surface area contributed by atoms with E-state index in [0.29, 0.717) is 0 Å². The molecule has 0 aromatic carbocycles. The minimum atomic E-state index is 0. The van der Waals surface area contributed by atoms with Crippen molar-refractivity contribution in [2.24, 2.45) is 0 Å². The van der Waals surface area contributed by atoms with E-state index >= 15 is 0 Å². The Labute approximate surface area is 129 Å². The maximum absolute atomic E-state index is 9.36. The molecule has 0 heterocycles. The molecule has 0 fully saturated rings. The number of hydrogen-bond donors (Lipinski definition) is 0. The fourth-order valence-corrected chi connectivity index (χ4v) is 0. The van der Waals surface area contributed by atoms with Crippen LogP contribution in [0.1, 0.15) is 0 Å². The SMILES string of the molecule is CN(C)[O-].CN(C)[O-].C[N-]C.C[N-]C.C[N-]C.[Nb+5]. The van der Waals surface area contributed by atoms with Crippen LogP contribution in [0.15, 0.2) is 0 Å². The van der Waals surface area contributed by atoms with E-state index in [1.54, 1.807) is 42.3 Å². The smallest absolute Gasteiger partial charge is 0.785 e. The van der Waals surface area contributed by atoms with Crippen molar-refractivity contribution in [2.45, 2.75) is 0 Å². The van der Waals surface area contributed by atoms with Gasteiger partial charge in [0, 0.05) is 0 Å². The maximum Gasteiger partial charge on any atom is 5.00 e. The molecule has 112 valence electrons. The second-order valence-electron chi connectivity index (χ2n) is 2.97. The van der Waals surface area contributed by atoms with E-state index in [0.717, 1.165) is 10.1 Å². The van der Waals surface area contributed by atoms with Gasteiger partial charge in [0.25, 0.3) is 0 Å². The Balaban J connectivity index is -0.0000000249. The van der Waals surface area contributed by atoms with Crippen LogP contribution < -0.4 is 0 Å². The maximum atomic E-state index is 9.36. The predicted molar refractivity (Wildman–Crippen MR) is 79.7 cm³/mol. The molecule has 0 aromatic heterocycles. The molecule has 0 N–H and O–H groups in total. The molecule has 0 saturated heterocycles. The van der Waals surface area contributed by atoms with E-state index in [4.69, 9.17) is 0 Å². The van der Waals surface area contributed by atoms with Crippen molar-refractivity contribution in [3.05, 3.63) is 26.4 Å². The van der Waals surface area contributed by atoms with E-state index < -0.39 is 0 Å². The van der Waals surface area contributed by atoms with Crippen molar-refractivity contribution in [1.29, 1.82) is 0 Å². The van der Waals surface area contributed by atoms with Gasteiger partial charge in [-0.15, -0.1) is 0 Å². The van der Waals surface area contributed by atoms with Gasteiger partial charge in [-0.3, -0.25) is 0 Å². The fraction of sp³-hybridized carbons (Fsp3) is 1.00. The molecule has 8 heteroatoms. The Kier molecular flexibility index (Phi) is 106. The van der Waals surface area contributed by atoms with Gasteiger partial charge in [0.2, 0.25) is 0 Å². The van der Waals surface area contributed by atoms with E-state index in [1.165, 1.54) is 28.2 Å². The predicted octanol–water partition coefficient (Wildman–Crippen LogP) is 1.95. The summed E-state index contributed by atoms with van der Waals surface area (Å²) in [7, 11) is 16.3. The van der Waals surface area contributed by atoms with Crippen molar-refractivity contribution in [3.8, 4) is 0 Å². The molecule has 0 spiro atoms. The number of nitrogens with zero attached hydrogens (tertiary/aromatic N) is 5. The Bertz CT molecular complexity index is 65.0. The largest absolute Gasteiger partial charge is 5.00 e. The van der Waals surface area contributed by atoms with E-state index in [1.807, 2.05) is 0 Å². The third-order valence-electron chi connectivity index (χ3n) is 0. The van der Waals surface area contributed by atoms with Crippen LogP contribution in [0.3, 0.4) is 0 Å². The summed E-state index contributed by atoms with van der Waals surface area (Å²) in [5.41, 5.74) is 0. The molecule has 0 atom stereocenters. The summed E-state index contributed by atoms with van der Waals surface area (Å²) < 4.78 is 0. The summed E-state index contributed by atoms with van der Waals surface area (Å²) in [6.45, 7) is 0. The molecule has 0 aliphatic carbocycles. The minimum Gasteiger partial charge on any atom is -0.785 e. The molecular weight excluding hydrogens is 315 g/mol. The zero-order valence-electron chi connectivity index (χ0n) is 13.5. The van der Waals surface area contributed by atoms with Crippen LogP contribution in [0.2, 0.25) is 0 Å². The van der Waals surface area contributed by atoms with Crippen molar-refractivity contribution in [2.75, 3.05) is 70.5 Å². The zero-order valence-corrected chi connectivity index (χ0v) is 15.7. The summed E-state index contributed by atoms with van der Waals surface area (Å²) in [4.78, 5) is 0. The first-order valence-corrected chi connectivity index (χ1v) is 4.84. The topological polar surface area (TPSA) is 94.9 Å². The third-order valence-corrected chi connectivity index (χ3v) is 0. The molecule has 0 aromatic rings. The third kappa shape index (κ3) is 18600. The van der Waals surface area contributed by atoms with Gasteiger partial charge in [0.05, 0.1) is 0 Å². The minimum absolute atomic E-state index is 0. The van der Waals surface area contributed by atoms with Crippen molar-refractivity contribution in [1.82, 2.24) is 10.1 Å². The van der Waals surface area contributed by atoms with Crippen LogP contribution in [0.25, 0.3) is 16.0 Å². The molecule has 0 amide bonds. The van der Waals surface area contributed by atoms with Gasteiger partial charge >= 0.3 is 22.4 Å². The second-order valence-corrected chi connectivity index (χ2v) is 2.97. The van der Waals surface area contributed by atoms with Crippen LogP contribution in [0, 0.1) is 10.4 Å². The quantitative estimate of drug-likeness (QED) is 0.495. The molecule has 0 aliphatic heterocycles. The number of hydrogen-bond acceptors (Lipinski definition) is 4. The zero-order chi connectivity index (χ0) is 15.3. The summed E-state index contributed by atoms with van der Waals surface area (Å²) in [5, 5.41) is 30.7. The first kappa shape index (κ1) is 36.2. The van der Waals surface area contributed by atoms with E-state index in [9.17, 15) is 10.4 Å². The first-order valence-electron chi connectivity index (χ1n) is 4.84. The average molecular weight is 345 g/mol. The van der Waals surface area contributed by atoms with E-state index in [-0.39, 0.29) is 22.4 Å². The first-order chi connectivity index (χ1) is 7.71. The summed E-state index contributed by atoms with van der Waals surface area (Å²) in [6, 6.07) is 0. The van der Waals surface area contributed by atoms with Gasteiger partial charge in [-0.2, -0.15) is 42.3 Å². The molecule has 0 rings (SSSR count). The molecular formula is C10H30N5NbO2. The molecule has 0 radical (unpaired) electrons. The van der Waals surface area contributed by atoms with Crippen LogP contribution in [0.5, 0.6) is 0 Å². The number of rotatable bonds is 0. The van der Waals surface area contributed by atoms with E-state index in [2.05, 4.69) is 16.0 Å². The molecule has 7 nitrogen and oxygen atoms in total. The van der Waals surface area contributed by atoms with Gasteiger partial charge in [0.15, 0.2) is 0 Å². The van der Waals surface area contributed by atoms with Crippen LogP contribution in [-0.2, 0) is 22.4 Å². The summed E-state index contributed by atoms with van der Waals surface area (Å²) in [5.74, 6) is 0. The van der Waals surface area contributed by atoms with Crippen LogP contribution >= 0.6 is 0 Å². The van der Waals surface area contributed by atoms with Gasteiger partial charge in [-0.1, -0.05) is 0 Å². The molecule has 0 aliphatic rings. The Hall–Kier alpha value is 0.460. The van der Waals surface area contributed by atoms with Gasteiger partial charge < -0.3 is 36.5 Å². The standard InChI is InChI=1S/2C2H6NO.3C2H6N.Nb/c2*1-3(2)4;3*1-3-2;/h2*1-2H3;3*1-2H3;/q5*-1;+5. The van der Waals surface area contributed by atoms with Gasteiger partial charge in [-0.25, -0.2) is 0 Å². The Morgan fingerprint density at radius 2 is 0.556 bits per heavy atom. The van der Waals surface area contributed by atoms with Crippen molar-refractivity contribution in [3.63, 3.8) is 0 Å². The van der Waals surface area contributed by atoms with Gasteiger partial charge in [-0.05, 0) is 28.2 Å². The van der Waals surface area contributed by atoms with Gasteiger partial charge in [0.1, 0.15) is 0 Å². The summed E-state index contributed by atoms with van der Waals surface area (Å²) in [6.07, 6.45) is 0. The molecule has 18 heavy (non-hydrogen) atoms. The summed E-state index contributed by atoms with van der Waals surface area (Å²) >= 11 is 0. The Morgan fingerprint density at radius 3 is 0.556 bits per heavy atom. The normalized spacial score (nSPS) is 7.00. The Morgan fingerprint density at radius 1 is 0.556 bits per heavy atom. The number of hydroxylamine groups is 4. The monoisotopic (exact) mass is 345 g/mol.